The third-order valence-corrected chi connectivity index (χ3v) is 4.23. The first-order chi connectivity index (χ1) is 8.69. The highest BCUT2D eigenvalue weighted by Crippen LogP contribution is 2.29. The number of thioether (sulfide) groups is 1. The largest absolute Gasteiger partial charge is 0.324 e. The Morgan fingerprint density at radius 1 is 1.44 bits per heavy atom. The van der Waals surface area contributed by atoms with E-state index in [-0.39, 0.29) is 0 Å². The second-order valence-corrected chi connectivity index (χ2v) is 5.93. The van der Waals surface area contributed by atoms with E-state index >= 15 is 0 Å². The van der Waals surface area contributed by atoms with Gasteiger partial charge in [-0.3, -0.25) is 0 Å². The molecule has 98 valence electrons. The molecular formula is C13H16Cl2N2S. The van der Waals surface area contributed by atoms with Crippen molar-refractivity contribution >= 4 is 46.0 Å². The van der Waals surface area contributed by atoms with E-state index in [0.717, 1.165) is 29.0 Å². The van der Waals surface area contributed by atoms with E-state index in [2.05, 4.69) is 28.8 Å². The molecule has 5 heteroatoms. The van der Waals surface area contributed by atoms with Gasteiger partial charge in [-0.2, -0.15) is 11.8 Å². The van der Waals surface area contributed by atoms with Crippen LogP contribution in [-0.2, 0) is 5.88 Å². The Morgan fingerprint density at radius 2 is 2.22 bits per heavy atom. The van der Waals surface area contributed by atoms with E-state index in [9.17, 15) is 0 Å². The number of nitrogens with zero attached hydrogens (tertiary/aromatic N) is 2. The molecule has 0 N–H and O–H groups in total. The molecule has 1 aromatic carbocycles. The Kier molecular flexibility index (Phi) is 4.82. The van der Waals surface area contributed by atoms with Crippen LogP contribution in [0.15, 0.2) is 18.2 Å². The van der Waals surface area contributed by atoms with Crippen molar-refractivity contribution in [3.8, 4) is 0 Å². The summed E-state index contributed by atoms with van der Waals surface area (Å²) in [4.78, 5) is 4.55. The third-order valence-electron chi connectivity index (χ3n) is 3.04. The first kappa shape index (κ1) is 14.0. The Bertz CT molecular complexity index is 539. The van der Waals surface area contributed by atoms with Crippen LogP contribution < -0.4 is 0 Å². The van der Waals surface area contributed by atoms with Crippen LogP contribution in [0.1, 0.15) is 25.2 Å². The van der Waals surface area contributed by atoms with E-state index in [1.807, 2.05) is 23.9 Å². The van der Waals surface area contributed by atoms with Crippen molar-refractivity contribution in [3.05, 3.63) is 29.0 Å². The van der Waals surface area contributed by atoms with Gasteiger partial charge >= 0.3 is 0 Å². The van der Waals surface area contributed by atoms with Crippen molar-refractivity contribution in [1.29, 1.82) is 0 Å². The van der Waals surface area contributed by atoms with Crippen LogP contribution in [0, 0.1) is 0 Å². The lowest BCUT2D eigenvalue weighted by Crippen LogP contribution is -2.09. The molecular weight excluding hydrogens is 287 g/mol. The number of aromatic nitrogens is 2. The molecule has 0 fully saturated rings. The van der Waals surface area contributed by atoms with Gasteiger partial charge in [0.1, 0.15) is 11.3 Å². The summed E-state index contributed by atoms with van der Waals surface area (Å²) in [6, 6.07) is 6.27. The molecule has 0 saturated heterocycles. The second-order valence-electron chi connectivity index (χ2n) is 4.27. The first-order valence-corrected chi connectivity index (χ1v) is 8.20. The summed E-state index contributed by atoms with van der Waals surface area (Å²) in [6.07, 6.45) is 3.22. The Labute approximate surface area is 122 Å². The molecule has 2 rings (SSSR count). The number of imidazole rings is 1. The zero-order valence-electron chi connectivity index (χ0n) is 10.5. The van der Waals surface area contributed by atoms with Crippen molar-refractivity contribution < 1.29 is 0 Å². The minimum atomic E-state index is 0.384. The van der Waals surface area contributed by atoms with Crippen LogP contribution in [0.5, 0.6) is 0 Å². The van der Waals surface area contributed by atoms with Gasteiger partial charge in [-0.1, -0.05) is 17.7 Å². The van der Waals surface area contributed by atoms with E-state index in [4.69, 9.17) is 23.2 Å². The lowest BCUT2D eigenvalue weighted by Gasteiger charge is -2.16. The van der Waals surface area contributed by atoms with Gasteiger partial charge in [0.25, 0.3) is 0 Å². The van der Waals surface area contributed by atoms with Gasteiger partial charge in [-0.05, 0) is 37.5 Å². The highest BCUT2D eigenvalue weighted by atomic mass is 35.5. The zero-order valence-corrected chi connectivity index (χ0v) is 12.8. The topological polar surface area (TPSA) is 17.8 Å². The van der Waals surface area contributed by atoms with Crippen molar-refractivity contribution in [1.82, 2.24) is 9.55 Å². The molecule has 1 aromatic heterocycles. The molecule has 0 saturated carbocycles. The maximum Gasteiger partial charge on any atom is 0.125 e. The molecule has 0 aliphatic rings. The lowest BCUT2D eigenvalue weighted by molar-refractivity contribution is 0.534. The fraction of sp³-hybridized carbons (Fsp3) is 0.462. The number of alkyl halides is 1. The summed E-state index contributed by atoms with van der Waals surface area (Å²) in [5.41, 5.74) is 1.93. The van der Waals surface area contributed by atoms with Gasteiger partial charge in [0.2, 0.25) is 0 Å². The lowest BCUT2D eigenvalue weighted by atomic mass is 10.2. The fourth-order valence-corrected chi connectivity index (χ4v) is 3.11. The quantitative estimate of drug-likeness (QED) is 0.742. The predicted molar refractivity (Wildman–Crippen MR) is 82.0 cm³/mol. The molecule has 2 aromatic rings. The summed E-state index contributed by atoms with van der Waals surface area (Å²) in [5.74, 6) is 2.44. The first-order valence-electron chi connectivity index (χ1n) is 5.89. The molecule has 18 heavy (non-hydrogen) atoms. The van der Waals surface area contributed by atoms with Crippen LogP contribution in [0.25, 0.3) is 11.0 Å². The Hall–Kier alpha value is -0.380. The highest BCUT2D eigenvalue weighted by molar-refractivity contribution is 7.98. The number of halogens is 2. The summed E-state index contributed by atoms with van der Waals surface area (Å²) in [6.45, 7) is 2.20. The van der Waals surface area contributed by atoms with E-state index in [1.165, 1.54) is 0 Å². The van der Waals surface area contributed by atoms with E-state index in [0.29, 0.717) is 16.9 Å². The van der Waals surface area contributed by atoms with Crippen molar-refractivity contribution in [2.75, 3.05) is 12.0 Å². The van der Waals surface area contributed by atoms with Crippen LogP contribution in [-0.4, -0.2) is 21.6 Å². The van der Waals surface area contributed by atoms with E-state index < -0.39 is 0 Å². The molecule has 2 nitrogen and oxygen atoms in total. The van der Waals surface area contributed by atoms with Gasteiger partial charge < -0.3 is 4.57 Å². The molecule has 0 spiro atoms. The average Bonchev–Trinajstić information content (AvgIpc) is 2.76. The standard InChI is InChI=1S/C13H16Cl2N2S/c1-9(6-7-18-2)17-11-5-3-4-10(15)13(11)16-12(17)8-14/h3-5,9H,6-8H2,1-2H3. The highest BCUT2D eigenvalue weighted by Gasteiger charge is 2.16. The molecule has 0 aliphatic carbocycles. The SMILES string of the molecule is CSCCC(C)n1c(CCl)nc2c(Cl)cccc21. The van der Waals surface area contributed by atoms with Crippen LogP contribution in [0.3, 0.4) is 0 Å². The number of hydrogen-bond donors (Lipinski definition) is 0. The second kappa shape index (κ2) is 6.18. The number of benzene rings is 1. The molecule has 1 heterocycles. The summed E-state index contributed by atoms with van der Waals surface area (Å²) >= 11 is 14.0. The fourth-order valence-electron chi connectivity index (χ4n) is 2.13. The number of hydrogen-bond acceptors (Lipinski definition) is 2. The average molecular weight is 303 g/mol. The number of para-hydroxylation sites is 1. The predicted octanol–water partition coefficient (Wildman–Crippen LogP) is 4.74. The summed E-state index contributed by atoms with van der Waals surface area (Å²) < 4.78 is 2.21. The van der Waals surface area contributed by atoms with Gasteiger partial charge in [0, 0.05) is 6.04 Å². The summed E-state index contributed by atoms with van der Waals surface area (Å²) in [7, 11) is 0. The molecule has 1 atom stereocenters. The normalized spacial score (nSPS) is 13.1. The van der Waals surface area contributed by atoms with Gasteiger partial charge in [-0.25, -0.2) is 4.98 Å². The van der Waals surface area contributed by atoms with Gasteiger partial charge in [0.05, 0.1) is 16.4 Å². The maximum atomic E-state index is 6.19. The Morgan fingerprint density at radius 3 is 2.89 bits per heavy atom. The van der Waals surface area contributed by atoms with Crippen LogP contribution in [0.2, 0.25) is 5.02 Å². The molecule has 0 radical (unpaired) electrons. The minimum absolute atomic E-state index is 0.384. The smallest absolute Gasteiger partial charge is 0.125 e. The molecule has 0 amide bonds. The third kappa shape index (κ3) is 2.63. The van der Waals surface area contributed by atoms with E-state index in [1.54, 1.807) is 0 Å². The molecule has 0 aliphatic heterocycles. The Balaban J connectivity index is 2.50. The molecule has 1 unspecified atom stereocenters. The summed E-state index contributed by atoms with van der Waals surface area (Å²) in [5, 5.41) is 0.690. The van der Waals surface area contributed by atoms with Crippen LogP contribution in [0.4, 0.5) is 0 Å². The van der Waals surface area contributed by atoms with Crippen LogP contribution >= 0.6 is 35.0 Å². The monoisotopic (exact) mass is 302 g/mol. The number of fused-ring (bicyclic) bond motifs is 1. The number of rotatable bonds is 5. The zero-order chi connectivity index (χ0) is 13.1. The van der Waals surface area contributed by atoms with Gasteiger partial charge in [0.15, 0.2) is 0 Å². The van der Waals surface area contributed by atoms with Crippen molar-refractivity contribution in [3.63, 3.8) is 0 Å². The molecule has 0 bridgehead atoms. The van der Waals surface area contributed by atoms with Gasteiger partial charge in [-0.15, -0.1) is 11.6 Å². The minimum Gasteiger partial charge on any atom is -0.324 e. The van der Waals surface area contributed by atoms with Crippen molar-refractivity contribution in [2.24, 2.45) is 0 Å². The van der Waals surface area contributed by atoms with Crippen molar-refractivity contribution in [2.45, 2.75) is 25.3 Å². The maximum absolute atomic E-state index is 6.19.